The summed E-state index contributed by atoms with van der Waals surface area (Å²) in [7, 11) is 0. The van der Waals surface area contributed by atoms with E-state index < -0.39 is 23.0 Å². The Labute approximate surface area is 208 Å². The Bertz CT molecular complexity index is 1430. The molecule has 1 aromatic heterocycles. The minimum absolute atomic E-state index is 0.0807. The van der Waals surface area contributed by atoms with Crippen molar-refractivity contribution < 1.29 is 19.5 Å². The van der Waals surface area contributed by atoms with Gasteiger partial charge in [0.15, 0.2) is 5.54 Å². The van der Waals surface area contributed by atoms with E-state index in [1.54, 1.807) is 34.9 Å². The zero-order valence-corrected chi connectivity index (χ0v) is 19.6. The molecule has 0 saturated heterocycles. The second-order valence-electron chi connectivity index (χ2n) is 8.73. The van der Waals surface area contributed by atoms with Crippen molar-refractivity contribution in [2.75, 3.05) is 4.90 Å². The van der Waals surface area contributed by atoms with Gasteiger partial charge in [-0.3, -0.25) is 14.2 Å². The van der Waals surface area contributed by atoms with Crippen molar-refractivity contribution in [3.63, 3.8) is 0 Å². The number of carboxylic acids is 1. The fourth-order valence-corrected chi connectivity index (χ4v) is 5.54. The number of amides is 2. The molecule has 1 fully saturated rings. The number of fused-ring (bicyclic) bond motifs is 4. The van der Waals surface area contributed by atoms with Crippen LogP contribution in [0.5, 0.6) is 0 Å². The number of aliphatic carboxylic acids is 1. The second-order valence-corrected chi connectivity index (χ2v) is 10.0. The molecule has 8 nitrogen and oxygen atoms in total. The van der Waals surface area contributed by atoms with Gasteiger partial charge in [-0.25, -0.2) is 14.7 Å². The van der Waals surface area contributed by atoms with Crippen LogP contribution in [0, 0.1) is 0 Å². The number of anilines is 2. The van der Waals surface area contributed by atoms with Crippen LogP contribution in [-0.2, 0) is 21.5 Å². The zero-order valence-electron chi connectivity index (χ0n) is 17.3. The van der Waals surface area contributed by atoms with E-state index in [1.165, 1.54) is 11.1 Å². The number of benzene rings is 2. The molecule has 2 aromatic carbocycles. The monoisotopic (exact) mass is 516 g/mol. The molecule has 0 bridgehead atoms. The lowest BCUT2D eigenvalue weighted by Crippen LogP contribution is -2.53. The molecule has 3 aliphatic rings. The summed E-state index contributed by atoms with van der Waals surface area (Å²) in [4.78, 5) is 44.7. The number of carboxylic acid groups (broad SMARTS) is 1. The Hall–Kier alpha value is -3.07. The Kier molecular flexibility index (Phi) is 4.40. The number of hydrogen-bond donors (Lipinski definition) is 2. The highest BCUT2D eigenvalue weighted by Gasteiger charge is 2.61. The lowest BCUT2D eigenvalue weighted by molar-refractivity contribution is -0.140. The summed E-state index contributed by atoms with van der Waals surface area (Å²) in [6, 6.07) is 10.0. The third-order valence-electron chi connectivity index (χ3n) is 6.70. The van der Waals surface area contributed by atoms with Crippen molar-refractivity contribution in [2.45, 2.75) is 30.3 Å². The van der Waals surface area contributed by atoms with Gasteiger partial charge in [0.1, 0.15) is 11.2 Å². The Balaban J connectivity index is 1.53. The largest absolute Gasteiger partial charge is 0.480 e. The number of rotatable bonds is 4. The van der Waals surface area contributed by atoms with E-state index in [1.807, 2.05) is 6.07 Å². The first-order valence-corrected chi connectivity index (χ1v) is 11.5. The standard InChI is InChI=1S/C23H15Cl3N4O4/c24-12-2-1-11-9-23(16(11)8-12)19(32)29(15-6-13(25)5-14(26)7-15)21-27-10-17(30(21)23)18(31)28-22(3-4-22)20(33)34/h1-2,5-8,10H,3-4,9H2,(H,28,31)(H,33,34)/t23-/m0/s1. The Morgan fingerprint density at radius 3 is 2.38 bits per heavy atom. The van der Waals surface area contributed by atoms with E-state index >= 15 is 0 Å². The van der Waals surface area contributed by atoms with Gasteiger partial charge < -0.3 is 10.4 Å². The molecule has 0 unspecified atom stereocenters. The molecule has 2 N–H and O–H groups in total. The van der Waals surface area contributed by atoms with Gasteiger partial charge in [0.25, 0.3) is 11.8 Å². The van der Waals surface area contributed by atoms with E-state index in [0.717, 1.165) is 5.56 Å². The van der Waals surface area contributed by atoms with Crippen LogP contribution in [-0.4, -0.2) is 38.0 Å². The molecule has 2 aliphatic carbocycles. The second kappa shape index (κ2) is 6.97. The molecule has 3 aromatic rings. The lowest BCUT2D eigenvalue weighted by atomic mass is 9.70. The average Bonchev–Trinajstić information content (AvgIpc) is 3.33. The molecule has 1 aliphatic heterocycles. The smallest absolute Gasteiger partial charge is 0.329 e. The molecule has 11 heteroatoms. The van der Waals surface area contributed by atoms with Gasteiger partial charge in [-0.1, -0.05) is 40.9 Å². The van der Waals surface area contributed by atoms with E-state index in [9.17, 15) is 19.5 Å². The summed E-state index contributed by atoms with van der Waals surface area (Å²) in [6.07, 6.45) is 2.34. The van der Waals surface area contributed by atoms with Crippen LogP contribution in [0.15, 0.2) is 42.6 Å². The molecule has 6 rings (SSSR count). The van der Waals surface area contributed by atoms with Gasteiger partial charge in [0, 0.05) is 21.5 Å². The third-order valence-corrected chi connectivity index (χ3v) is 7.37. The van der Waals surface area contributed by atoms with Crippen molar-refractivity contribution in [3.8, 4) is 0 Å². The number of imidazole rings is 1. The SMILES string of the molecule is O=C(NC1(C(=O)O)CC1)c1cnc2n1[C@]1(Cc3ccc(Cl)cc31)C(=O)N2c1cc(Cl)cc(Cl)c1. The molecular weight excluding hydrogens is 503 g/mol. The maximum atomic E-state index is 14.0. The number of nitrogens with one attached hydrogen (secondary N) is 1. The topological polar surface area (TPSA) is 105 Å². The Morgan fingerprint density at radius 1 is 1.03 bits per heavy atom. The molecule has 172 valence electrons. The molecule has 1 atom stereocenters. The predicted octanol–water partition coefficient (Wildman–Crippen LogP) is 4.17. The minimum Gasteiger partial charge on any atom is -0.480 e. The average molecular weight is 518 g/mol. The van der Waals surface area contributed by atoms with Gasteiger partial charge in [-0.15, -0.1) is 0 Å². The van der Waals surface area contributed by atoms with Crippen LogP contribution >= 0.6 is 34.8 Å². The molecule has 2 amide bonds. The number of halogens is 3. The fourth-order valence-electron chi connectivity index (χ4n) is 4.85. The highest BCUT2D eigenvalue weighted by molar-refractivity contribution is 6.35. The molecule has 34 heavy (non-hydrogen) atoms. The summed E-state index contributed by atoms with van der Waals surface area (Å²) >= 11 is 18.7. The van der Waals surface area contributed by atoms with Crippen molar-refractivity contribution in [3.05, 3.63) is 74.5 Å². The maximum absolute atomic E-state index is 14.0. The van der Waals surface area contributed by atoms with Gasteiger partial charge >= 0.3 is 5.97 Å². The molecule has 0 radical (unpaired) electrons. The van der Waals surface area contributed by atoms with Crippen molar-refractivity contribution in [2.24, 2.45) is 0 Å². The summed E-state index contributed by atoms with van der Waals surface area (Å²) in [5.41, 5.74) is -0.492. The first-order chi connectivity index (χ1) is 16.2. The first-order valence-electron chi connectivity index (χ1n) is 10.4. The summed E-state index contributed by atoms with van der Waals surface area (Å²) in [6.45, 7) is 0. The van der Waals surface area contributed by atoms with Crippen molar-refractivity contribution >= 4 is 64.2 Å². The van der Waals surface area contributed by atoms with Crippen LogP contribution in [0.25, 0.3) is 0 Å². The lowest BCUT2D eigenvalue weighted by Gasteiger charge is -2.41. The quantitative estimate of drug-likeness (QED) is 0.541. The van der Waals surface area contributed by atoms with Crippen LogP contribution in [0.3, 0.4) is 0 Å². The van der Waals surface area contributed by atoms with Crippen molar-refractivity contribution in [1.29, 1.82) is 0 Å². The highest BCUT2D eigenvalue weighted by atomic mass is 35.5. The molecule has 1 spiro atoms. The third kappa shape index (κ3) is 2.79. The fraction of sp³-hybridized carbons (Fsp3) is 0.217. The first kappa shape index (κ1) is 21.5. The maximum Gasteiger partial charge on any atom is 0.329 e. The van der Waals surface area contributed by atoms with Crippen LogP contribution in [0.4, 0.5) is 11.6 Å². The number of carbonyl (C=O) groups is 3. The van der Waals surface area contributed by atoms with Gasteiger partial charge in [0.2, 0.25) is 5.95 Å². The molecular formula is C23H15Cl3N4O4. The summed E-state index contributed by atoms with van der Waals surface area (Å²) in [5, 5.41) is 13.2. The van der Waals surface area contributed by atoms with Gasteiger partial charge in [-0.05, 0) is 54.3 Å². The number of hydrogen-bond acceptors (Lipinski definition) is 4. The summed E-state index contributed by atoms with van der Waals surface area (Å²) in [5.74, 6) is -1.84. The van der Waals surface area contributed by atoms with Crippen LogP contribution in [0.2, 0.25) is 15.1 Å². The minimum atomic E-state index is -1.29. The van der Waals surface area contributed by atoms with Gasteiger partial charge in [-0.2, -0.15) is 0 Å². The number of nitrogens with zero attached hydrogens (tertiary/aromatic N) is 3. The molecule has 1 saturated carbocycles. The van der Waals surface area contributed by atoms with Crippen molar-refractivity contribution in [1.82, 2.24) is 14.9 Å². The number of aromatic nitrogens is 2. The normalized spacial score (nSPS) is 21.1. The Morgan fingerprint density at radius 2 is 1.74 bits per heavy atom. The zero-order chi connectivity index (χ0) is 24.0. The van der Waals surface area contributed by atoms with Gasteiger partial charge in [0.05, 0.1) is 11.9 Å². The van der Waals surface area contributed by atoms with E-state index in [4.69, 9.17) is 34.8 Å². The predicted molar refractivity (Wildman–Crippen MR) is 125 cm³/mol. The summed E-state index contributed by atoms with van der Waals surface area (Å²) < 4.78 is 1.57. The van der Waals surface area contributed by atoms with Crippen LogP contribution < -0.4 is 10.2 Å². The van der Waals surface area contributed by atoms with E-state index in [-0.39, 0.29) is 17.5 Å². The van der Waals surface area contributed by atoms with E-state index in [0.29, 0.717) is 45.6 Å². The van der Waals surface area contributed by atoms with Crippen LogP contribution in [0.1, 0.15) is 34.5 Å². The highest BCUT2D eigenvalue weighted by Crippen LogP contribution is 2.53. The van der Waals surface area contributed by atoms with E-state index in [2.05, 4.69) is 10.3 Å². The molecule has 2 heterocycles. The number of carbonyl (C=O) groups excluding carboxylic acids is 2.